The van der Waals surface area contributed by atoms with E-state index in [-0.39, 0.29) is 35.9 Å². The van der Waals surface area contributed by atoms with Gasteiger partial charge in [-0.15, -0.1) is 12.4 Å². The van der Waals surface area contributed by atoms with Crippen LogP contribution in [0.15, 0.2) is 48.5 Å². The highest BCUT2D eigenvalue weighted by atomic mass is 35.5. The number of nitro benzene ring substituents is 1. The Morgan fingerprint density at radius 2 is 1.73 bits per heavy atom. The van der Waals surface area contributed by atoms with Gasteiger partial charge in [0.2, 0.25) is 5.91 Å². The lowest BCUT2D eigenvalue weighted by Crippen LogP contribution is -2.53. The molecule has 0 aromatic heterocycles. The van der Waals surface area contributed by atoms with E-state index in [4.69, 9.17) is 9.47 Å². The van der Waals surface area contributed by atoms with E-state index in [0.717, 1.165) is 30.2 Å². The number of thioether (sulfide) groups is 1. The van der Waals surface area contributed by atoms with E-state index in [2.05, 4.69) is 5.32 Å². The summed E-state index contributed by atoms with van der Waals surface area (Å²) in [5.74, 6) is 1.51. The summed E-state index contributed by atoms with van der Waals surface area (Å²) in [4.78, 5) is 40.1. The maximum atomic E-state index is 13.3. The van der Waals surface area contributed by atoms with Gasteiger partial charge in [-0.3, -0.25) is 19.8 Å². The van der Waals surface area contributed by atoms with Crippen LogP contribution in [0.3, 0.4) is 0 Å². The number of amides is 2. The molecule has 37 heavy (non-hydrogen) atoms. The molecule has 12 heteroatoms. The van der Waals surface area contributed by atoms with Crippen LogP contribution in [0.1, 0.15) is 17.5 Å². The highest BCUT2D eigenvalue weighted by molar-refractivity contribution is 7.99. The molecule has 2 atom stereocenters. The average molecular weight is 551 g/mol. The molecule has 2 amide bonds. The van der Waals surface area contributed by atoms with Gasteiger partial charge >= 0.3 is 6.09 Å². The van der Waals surface area contributed by atoms with Gasteiger partial charge in [0.1, 0.15) is 18.4 Å². The second-order valence-corrected chi connectivity index (χ2v) is 10.0. The molecular weight excluding hydrogens is 520 g/mol. The van der Waals surface area contributed by atoms with Crippen LogP contribution >= 0.6 is 24.2 Å². The molecule has 1 N–H and O–H groups in total. The van der Waals surface area contributed by atoms with Crippen molar-refractivity contribution in [2.75, 3.05) is 39.8 Å². The van der Waals surface area contributed by atoms with Crippen LogP contribution in [0.2, 0.25) is 0 Å². The van der Waals surface area contributed by atoms with Crippen molar-refractivity contribution in [2.45, 2.75) is 30.1 Å². The smallest absolute Gasteiger partial charge is 0.410 e. The van der Waals surface area contributed by atoms with E-state index in [1.54, 1.807) is 35.9 Å². The van der Waals surface area contributed by atoms with Gasteiger partial charge in [0.15, 0.2) is 0 Å². The van der Waals surface area contributed by atoms with Gasteiger partial charge < -0.3 is 19.7 Å². The zero-order valence-corrected chi connectivity index (χ0v) is 22.2. The predicted molar refractivity (Wildman–Crippen MR) is 143 cm³/mol. The molecule has 0 saturated carbocycles. The zero-order chi connectivity index (χ0) is 25.5. The second-order valence-electron chi connectivity index (χ2n) is 8.74. The number of rotatable bonds is 8. The number of hydrogen-bond donors (Lipinski definition) is 1. The first-order valence-electron chi connectivity index (χ1n) is 11.9. The molecule has 2 fully saturated rings. The summed E-state index contributed by atoms with van der Waals surface area (Å²) in [6.07, 6.45) is 0.0188. The third-order valence-electron chi connectivity index (χ3n) is 6.37. The highest BCUT2D eigenvalue weighted by Gasteiger charge is 2.42. The van der Waals surface area contributed by atoms with Gasteiger partial charge in [0, 0.05) is 55.9 Å². The van der Waals surface area contributed by atoms with Gasteiger partial charge in [0.25, 0.3) is 5.69 Å². The van der Waals surface area contributed by atoms with Crippen molar-refractivity contribution in [3.8, 4) is 5.75 Å². The molecule has 0 unspecified atom stereocenters. The minimum atomic E-state index is -0.569. The number of likely N-dealkylation sites (tertiary alicyclic amines) is 1. The predicted octanol–water partition coefficient (Wildman–Crippen LogP) is 3.47. The third kappa shape index (κ3) is 7.50. The highest BCUT2D eigenvalue weighted by Crippen LogP contribution is 2.32. The quantitative estimate of drug-likeness (QED) is 0.392. The van der Waals surface area contributed by atoms with Gasteiger partial charge in [-0.2, -0.15) is 11.8 Å². The van der Waals surface area contributed by atoms with Crippen molar-refractivity contribution in [2.24, 2.45) is 0 Å². The maximum absolute atomic E-state index is 13.3. The van der Waals surface area contributed by atoms with Crippen LogP contribution < -0.4 is 10.1 Å². The van der Waals surface area contributed by atoms with E-state index < -0.39 is 17.1 Å². The largest absolute Gasteiger partial charge is 0.497 e. The van der Waals surface area contributed by atoms with Gasteiger partial charge in [-0.05, 0) is 41.8 Å². The number of nitro groups is 1. The fraction of sp³-hybridized carbons (Fsp3) is 0.440. The molecule has 2 saturated heterocycles. The van der Waals surface area contributed by atoms with E-state index in [1.165, 1.54) is 12.1 Å². The number of nitrogens with one attached hydrogen (secondary N) is 1. The van der Waals surface area contributed by atoms with Crippen LogP contribution in [0.25, 0.3) is 0 Å². The Kier molecular flexibility index (Phi) is 10.4. The summed E-state index contributed by atoms with van der Waals surface area (Å²) in [6.45, 7) is 3.10. The van der Waals surface area contributed by atoms with Crippen LogP contribution in [0.5, 0.6) is 5.75 Å². The van der Waals surface area contributed by atoms with Crippen molar-refractivity contribution in [1.82, 2.24) is 15.1 Å². The Morgan fingerprint density at radius 3 is 2.35 bits per heavy atom. The monoisotopic (exact) mass is 550 g/mol. The summed E-state index contributed by atoms with van der Waals surface area (Å²) >= 11 is 1.72. The van der Waals surface area contributed by atoms with Gasteiger partial charge in [0.05, 0.1) is 12.0 Å². The maximum Gasteiger partial charge on any atom is 0.410 e. The Hall–Kier alpha value is -3.02. The third-order valence-corrected chi connectivity index (χ3v) is 7.68. The summed E-state index contributed by atoms with van der Waals surface area (Å²) in [5, 5.41) is 14.2. The number of non-ortho nitro benzene ring substituents is 1. The van der Waals surface area contributed by atoms with Crippen molar-refractivity contribution in [3.63, 3.8) is 0 Å². The fourth-order valence-electron chi connectivity index (χ4n) is 4.33. The molecule has 2 aliphatic rings. The Labute approximate surface area is 226 Å². The van der Waals surface area contributed by atoms with E-state index in [1.807, 2.05) is 29.2 Å². The Bertz CT molecular complexity index is 1070. The molecule has 4 rings (SSSR count). The normalized spacial score (nSPS) is 19.2. The molecule has 2 aromatic carbocycles. The summed E-state index contributed by atoms with van der Waals surface area (Å²) < 4.78 is 10.7. The number of hydrogen-bond acceptors (Lipinski definition) is 8. The molecule has 2 heterocycles. The SMILES string of the molecule is COc1ccc(CS[C@H]2C[C@@H](C(=O)N3CCNCC3)N(C(=O)OCc3ccc([N+](=O)[O-])cc3)C2)cc1.Cl. The van der Waals surface area contributed by atoms with E-state index in [9.17, 15) is 19.7 Å². The molecular formula is C25H31ClN4O6S. The lowest BCUT2D eigenvalue weighted by atomic mass is 10.1. The Balaban J connectivity index is 0.00000380. The first-order valence-corrected chi connectivity index (χ1v) is 12.9. The number of methoxy groups -OCH3 is 1. The number of nitrogens with zero attached hydrogens (tertiary/aromatic N) is 3. The topological polar surface area (TPSA) is 114 Å². The zero-order valence-electron chi connectivity index (χ0n) is 20.5. The first kappa shape index (κ1) is 28.5. The molecule has 2 aromatic rings. The van der Waals surface area contributed by atoms with Crippen LogP contribution in [0, 0.1) is 10.1 Å². The lowest BCUT2D eigenvalue weighted by molar-refractivity contribution is -0.384. The molecule has 0 bridgehead atoms. The first-order chi connectivity index (χ1) is 17.4. The van der Waals surface area contributed by atoms with Crippen LogP contribution in [-0.2, 0) is 21.9 Å². The van der Waals surface area contributed by atoms with E-state index >= 15 is 0 Å². The summed E-state index contributed by atoms with van der Waals surface area (Å²) in [5.41, 5.74) is 1.76. The minimum Gasteiger partial charge on any atom is -0.497 e. The lowest BCUT2D eigenvalue weighted by Gasteiger charge is -2.32. The number of ether oxygens (including phenoxy) is 2. The number of benzene rings is 2. The number of halogens is 1. The van der Waals surface area contributed by atoms with Crippen molar-refractivity contribution >= 4 is 41.9 Å². The van der Waals surface area contributed by atoms with Gasteiger partial charge in [-0.1, -0.05) is 12.1 Å². The standard InChI is InChI=1S/C25H30N4O6S.ClH/c1-34-21-8-4-19(5-9-21)17-36-22-14-23(24(30)27-12-10-26-11-13-27)28(15-22)25(31)35-16-18-2-6-20(7-3-18)29(32)33;/h2-9,22-23,26H,10-17H2,1H3;1H/t22-,23-;/m0./s1. The van der Waals surface area contributed by atoms with Crippen LogP contribution in [0.4, 0.5) is 10.5 Å². The molecule has 0 spiro atoms. The molecule has 10 nitrogen and oxygen atoms in total. The average Bonchev–Trinajstić information content (AvgIpc) is 3.35. The van der Waals surface area contributed by atoms with Gasteiger partial charge in [-0.25, -0.2) is 4.79 Å². The summed E-state index contributed by atoms with van der Waals surface area (Å²) in [6, 6.07) is 13.2. The van der Waals surface area contributed by atoms with Crippen LogP contribution in [-0.4, -0.2) is 77.8 Å². The van der Waals surface area contributed by atoms with Crippen molar-refractivity contribution < 1.29 is 24.0 Å². The van der Waals surface area contributed by atoms with Crippen molar-refractivity contribution in [3.05, 3.63) is 69.8 Å². The fourth-order valence-corrected chi connectivity index (χ4v) is 5.53. The Morgan fingerprint density at radius 1 is 1.08 bits per heavy atom. The molecule has 2 aliphatic heterocycles. The molecule has 0 aliphatic carbocycles. The molecule has 200 valence electrons. The second kappa shape index (κ2) is 13.5. The van der Waals surface area contributed by atoms with Crippen molar-refractivity contribution in [1.29, 1.82) is 0 Å². The van der Waals surface area contributed by atoms with E-state index in [0.29, 0.717) is 31.6 Å². The number of carbonyl (C=O) groups is 2. The number of piperazine rings is 1. The molecule has 0 radical (unpaired) electrons. The number of carbonyl (C=O) groups excluding carboxylic acids is 2. The minimum absolute atomic E-state index is 0. The summed E-state index contributed by atoms with van der Waals surface area (Å²) in [7, 11) is 1.63.